The maximum atomic E-state index is 9.40. The van der Waals surface area contributed by atoms with Gasteiger partial charge in [0, 0.05) is 18.3 Å². The van der Waals surface area contributed by atoms with E-state index in [1.807, 2.05) is 0 Å². The van der Waals surface area contributed by atoms with Crippen LogP contribution in [0.4, 0.5) is 5.82 Å². The Morgan fingerprint density at radius 1 is 1.37 bits per heavy atom. The first kappa shape index (κ1) is 12.5. The van der Waals surface area contributed by atoms with Crippen molar-refractivity contribution in [2.24, 2.45) is 5.92 Å². The topological polar surface area (TPSA) is 39.9 Å². The summed E-state index contributed by atoms with van der Waals surface area (Å²) < 4.78 is 0. The van der Waals surface area contributed by atoms with Crippen molar-refractivity contribution >= 4 is 5.82 Å². The van der Waals surface area contributed by atoms with Gasteiger partial charge in [-0.25, -0.2) is 4.98 Å². The van der Waals surface area contributed by atoms with E-state index < -0.39 is 0 Å². The van der Waals surface area contributed by atoms with Gasteiger partial charge in [-0.1, -0.05) is 6.92 Å². The molecule has 1 aliphatic carbocycles. The highest BCUT2D eigenvalue weighted by Gasteiger charge is 2.27. The van der Waals surface area contributed by atoms with Crippen molar-refractivity contribution in [1.82, 2.24) is 4.98 Å². The van der Waals surface area contributed by atoms with Crippen LogP contribution in [0, 0.1) is 17.2 Å². The fourth-order valence-corrected chi connectivity index (χ4v) is 3.48. The van der Waals surface area contributed by atoms with E-state index in [1.165, 1.54) is 30.5 Å². The summed E-state index contributed by atoms with van der Waals surface area (Å²) in [4.78, 5) is 7.17. The van der Waals surface area contributed by atoms with Crippen molar-refractivity contribution in [3.8, 4) is 6.07 Å². The van der Waals surface area contributed by atoms with E-state index in [9.17, 15) is 5.26 Å². The van der Waals surface area contributed by atoms with E-state index in [0.29, 0.717) is 6.04 Å². The molecule has 0 spiro atoms. The molecule has 100 valence electrons. The normalized spacial score (nSPS) is 26.1. The number of aromatic nitrogens is 1. The Morgan fingerprint density at radius 3 is 2.95 bits per heavy atom. The minimum atomic E-state index is 0.489. The van der Waals surface area contributed by atoms with E-state index >= 15 is 0 Å². The molecule has 1 fully saturated rings. The zero-order valence-electron chi connectivity index (χ0n) is 11.8. The van der Waals surface area contributed by atoms with Gasteiger partial charge in [-0.3, -0.25) is 0 Å². The maximum absolute atomic E-state index is 9.40. The number of pyridine rings is 1. The molecule has 2 atom stereocenters. The molecule has 0 aromatic carbocycles. The van der Waals surface area contributed by atoms with Crippen LogP contribution in [-0.4, -0.2) is 17.6 Å². The molecule has 1 aromatic rings. The van der Waals surface area contributed by atoms with E-state index in [1.54, 1.807) is 0 Å². The number of hydrogen-bond donors (Lipinski definition) is 0. The summed E-state index contributed by atoms with van der Waals surface area (Å²) in [5.41, 5.74) is 3.28. The Morgan fingerprint density at radius 2 is 2.21 bits per heavy atom. The van der Waals surface area contributed by atoms with E-state index in [-0.39, 0.29) is 0 Å². The van der Waals surface area contributed by atoms with Crippen LogP contribution in [-0.2, 0) is 12.8 Å². The molecule has 2 heterocycles. The van der Waals surface area contributed by atoms with Gasteiger partial charge in [0.1, 0.15) is 11.9 Å². The van der Waals surface area contributed by atoms with Crippen molar-refractivity contribution in [2.45, 2.75) is 52.0 Å². The van der Waals surface area contributed by atoms with Crippen LogP contribution in [0.3, 0.4) is 0 Å². The van der Waals surface area contributed by atoms with Crippen LogP contribution < -0.4 is 4.90 Å². The molecular formula is C16H21N3. The first-order chi connectivity index (χ1) is 9.19. The van der Waals surface area contributed by atoms with Gasteiger partial charge < -0.3 is 4.90 Å². The van der Waals surface area contributed by atoms with Crippen LogP contribution in [0.5, 0.6) is 0 Å². The van der Waals surface area contributed by atoms with Gasteiger partial charge in [-0.15, -0.1) is 0 Å². The third-order valence-electron chi connectivity index (χ3n) is 4.56. The van der Waals surface area contributed by atoms with Gasteiger partial charge in [0.25, 0.3) is 0 Å². The van der Waals surface area contributed by atoms with Gasteiger partial charge >= 0.3 is 0 Å². The predicted molar refractivity (Wildman–Crippen MR) is 76.2 cm³/mol. The SMILES string of the molecule is CC1CCN(c2nc3c(cc2C#N)CCC3)C(C)C1. The molecule has 2 aliphatic rings. The molecule has 3 rings (SSSR count). The van der Waals surface area contributed by atoms with Crippen molar-refractivity contribution in [2.75, 3.05) is 11.4 Å². The zero-order valence-corrected chi connectivity index (χ0v) is 11.8. The third-order valence-corrected chi connectivity index (χ3v) is 4.56. The number of fused-ring (bicyclic) bond motifs is 1. The van der Waals surface area contributed by atoms with Gasteiger partial charge in [-0.2, -0.15) is 5.26 Å². The fourth-order valence-electron chi connectivity index (χ4n) is 3.48. The average Bonchev–Trinajstić information content (AvgIpc) is 2.84. The molecule has 1 aliphatic heterocycles. The molecule has 3 nitrogen and oxygen atoms in total. The minimum absolute atomic E-state index is 0.489. The fraction of sp³-hybridized carbons (Fsp3) is 0.625. The number of nitriles is 1. The van der Waals surface area contributed by atoms with Gasteiger partial charge in [0.15, 0.2) is 0 Å². The maximum Gasteiger partial charge on any atom is 0.147 e. The molecule has 0 amide bonds. The first-order valence-electron chi connectivity index (χ1n) is 7.38. The number of rotatable bonds is 1. The standard InChI is InChI=1S/C16H21N3/c1-11-6-7-19(12(2)8-11)16-14(10-17)9-13-4-3-5-15(13)18-16/h9,11-12H,3-8H2,1-2H3. The molecule has 1 saturated heterocycles. The Bertz CT molecular complexity index is 530. The summed E-state index contributed by atoms with van der Waals surface area (Å²) in [6.07, 6.45) is 5.75. The lowest BCUT2D eigenvalue weighted by molar-refractivity contribution is 0.375. The minimum Gasteiger partial charge on any atom is -0.353 e. The van der Waals surface area contributed by atoms with Crippen molar-refractivity contribution < 1.29 is 0 Å². The summed E-state index contributed by atoms with van der Waals surface area (Å²) in [5, 5.41) is 9.40. The number of aryl methyl sites for hydroxylation is 2. The van der Waals surface area contributed by atoms with Gasteiger partial charge in [-0.05, 0) is 56.6 Å². The highest BCUT2D eigenvalue weighted by atomic mass is 15.2. The molecular weight excluding hydrogens is 234 g/mol. The molecule has 0 N–H and O–H groups in total. The Kier molecular flexibility index (Phi) is 3.18. The van der Waals surface area contributed by atoms with Crippen LogP contribution in [0.25, 0.3) is 0 Å². The van der Waals surface area contributed by atoms with Crippen LogP contribution in [0.15, 0.2) is 6.07 Å². The summed E-state index contributed by atoms with van der Waals surface area (Å²) in [7, 11) is 0. The van der Waals surface area contributed by atoms with Crippen molar-refractivity contribution in [3.05, 3.63) is 22.9 Å². The van der Waals surface area contributed by atoms with Gasteiger partial charge in [0.2, 0.25) is 0 Å². The molecule has 0 radical (unpaired) electrons. The number of piperidine rings is 1. The monoisotopic (exact) mass is 255 g/mol. The smallest absolute Gasteiger partial charge is 0.147 e. The lowest BCUT2D eigenvalue weighted by atomic mass is 9.93. The Labute approximate surface area is 115 Å². The molecule has 2 unspecified atom stereocenters. The number of hydrogen-bond acceptors (Lipinski definition) is 3. The van der Waals surface area contributed by atoms with Crippen LogP contribution in [0.1, 0.15) is 49.9 Å². The summed E-state index contributed by atoms with van der Waals surface area (Å²) in [6, 6.07) is 4.92. The summed E-state index contributed by atoms with van der Waals surface area (Å²) >= 11 is 0. The zero-order chi connectivity index (χ0) is 13.4. The molecule has 3 heteroatoms. The predicted octanol–water partition coefficient (Wildman–Crippen LogP) is 3.07. The lowest BCUT2D eigenvalue weighted by Crippen LogP contribution is -2.41. The largest absolute Gasteiger partial charge is 0.353 e. The second-order valence-corrected chi connectivity index (χ2v) is 6.10. The first-order valence-corrected chi connectivity index (χ1v) is 7.38. The quantitative estimate of drug-likeness (QED) is 0.774. The average molecular weight is 255 g/mol. The molecule has 1 aromatic heterocycles. The second kappa shape index (κ2) is 4.85. The lowest BCUT2D eigenvalue weighted by Gasteiger charge is -2.38. The van der Waals surface area contributed by atoms with Crippen LogP contribution >= 0.6 is 0 Å². The highest BCUT2D eigenvalue weighted by Crippen LogP contribution is 2.32. The van der Waals surface area contributed by atoms with Gasteiger partial charge in [0.05, 0.1) is 5.56 Å². The summed E-state index contributed by atoms with van der Waals surface area (Å²) in [5.74, 6) is 1.72. The second-order valence-electron chi connectivity index (χ2n) is 6.10. The van der Waals surface area contributed by atoms with E-state index in [4.69, 9.17) is 4.98 Å². The number of anilines is 1. The highest BCUT2D eigenvalue weighted by molar-refractivity contribution is 5.57. The number of nitrogens with zero attached hydrogens (tertiary/aromatic N) is 3. The third kappa shape index (κ3) is 2.20. The van der Waals surface area contributed by atoms with Crippen molar-refractivity contribution in [3.63, 3.8) is 0 Å². The molecule has 19 heavy (non-hydrogen) atoms. The van der Waals surface area contributed by atoms with E-state index in [0.717, 1.165) is 36.7 Å². The Hall–Kier alpha value is -1.56. The molecule has 0 saturated carbocycles. The van der Waals surface area contributed by atoms with Crippen LogP contribution in [0.2, 0.25) is 0 Å². The van der Waals surface area contributed by atoms with Crippen molar-refractivity contribution in [1.29, 1.82) is 5.26 Å². The Balaban J connectivity index is 1.98. The van der Waals surface area contributed by atoms with E-state index in [2.05, 4.69) is 30.9 Å². The molecule has 0 bridgehead atoms. The summed E-state index contributed by atoms with van der Waals surface area (Å²) in [6.45, 7) is 5.60.